The van der Waals surface area contributed by atoms with Gasteiger partial charge >= 0.3 is 6.01 Å². The van der Waals surface area contributed by atoms with E-state index in [1.54, 1.807) is 12.3 Å². The summed E-state index contributed by atoms with van der Waals surface area (Å²) in [7, 11) is 2.99. The van der Waals surface area contributed by atoms with Gasteiger partial charge in [-0.1, -0.05) is 18.2 Å². The zero-order valence-corrected chi connectivity index (χ0v) is 20.5. The van der Waals surface area contributed by atoms with Crippen molar-refractivity contribution >= 4 is 17.9 Å². The van der Waals surface area contributed by atoms with Crippen molar-refractivity contribution in [2.75, 3.05) is 47.0 Å². The van der Waals surface area contributed by atoms with E-state index in [0.29, 0.717) is 37.6 Å². The van der Waals surface area contributed by atoms with Crippen LogP contribution in [0.25, 0.3) is 6.08 Å². The Hall–Kier alpha value is -3.62. The van der Waals surface area contributed by atoms with Crippen molar-refractivity contribution < 1.29 is 23.8 Å². The Balaban J connectivity index is 1.28. The van der Waals surface area contributed by atoms with Crippen molar-refractivity contribution in [1.29, 1.82) is 0 Å². The summed E-state index contributed by atoms with van der Waals surface area (Å²) in [6.45, 7) is 4.81. The van der Waals surface area contributed by atoms with Gasteiger partial charge in [0.1, 0.15) is 5.75 Å². The fraction of sp³-hybridized carbons (Fsp3) is 0.462. The third-order valence-corrected chi connectivity index (χ3v) is 6.91. The number of para-hydroxylation sites is 1. The van der Waals surface area contributed by atoms with Crippen LogP contribution in [0.4, 0.5) is 0 Å². The molecule has 0 aliphatic carbocycles. The Kier molecular flexibility index (Phi) is 7.53. The largest absolute Gasteiger partial charge is 0.484 e. The Bertz CT molecular complexity index is 1090. The quantitative estimate of drug-likeness (QED) is 0.563. The molecule has 2 aliphatic heterocycles. The summed E-state index contributed by atoms with van der Waals surface area (Å²) in [4.78, 5) is 37.5. The SMILES string of the molecule is COc1ncc(C=CC(=O)N2CCC3(CCN(C(=O)COc4ccccc4C)CC3)C2)c(OC)n1. The van der Waals surface area contributed by atoms with Crippen molar-refractivity contribution in [3.8, 4) is 17.6 Å². The Morgan fingerprint density at radius 2 is 1.77 bits per heavy atom. The number of ether oxygens (including phenoxy) is 3. The minimum atomic E-state index is -0.0510. The normalized spacial score (nSPS) is 17.1. The first-order valence-electron chi connectivity index (χ1n) is 11.8. The smallest absolute Gasteiger partial charge is 0.319 e. The van der Waals surface area contributed by atoms with E-state index >= 15 is 0 Å². The molecular weight excluding hydrogens is 448 g/mol. The van der Waals surface area contributed by atoms with Gasteiger partial charge < -0.3 is 24.0 Å². The van der Waals surface area contributed by atoms with Crippen LogP contribution in [0.15, 0.2) is 36.5 Å². The molecule has 0 saturated carbocycles. The standard InChI is InChI=1S/C26H32N4O5/c1-19-6-4-5-7-21(19)35-17-23(32)29-13-10-26(11-14-29)12-15-30(18-26)22(31)9-8-20-16-27-25(34-3)28-24(20)33-2/h4-9,16H,10-15,17-18H2,1-3H3. The first-order valence-corrected chi connectivity index (χ1v) is 11.8. The molecule has 2 saturated heterocycles. The lowest BCUT2D eigenvalue weighted by molar-refractivity contribution is -0.136. The molecule has 2 fully saturated rings. The van der Waals surface area contributed by atoms with E-state index in [2.05, 4.69) is 9.97 Å². The van der Waals surface area contributed by atoms with Gasteiger partial charge in [-0.15, -0.1) is 0 Å². The van der Waals surface area contributed by atoms with Crippen LogP contribution in [0.2, 0.25) is 0 Å². The number of aromatic nitrogens is 2. The third-order valence-electron chi connectivity index (χ3n) is 6.91. The average Bonchev–Trinajstić information content (AvgIpc) is 3.30. The van der Waals surface area contributed by atoms with Gasteiger partial charge in [-0.25, -0.2) is 4.98 Å². The molecule has 0 bridgehead atoms. The van der Waals surface area contributed by atoms with Crippen LogP contribution in [0.3, 0.4) is 0 Å². The number of nitrogens with zero attached hydrogens (tertiary/aromatic N) is 4. The molecule has 2 aromatic rings. The maximum Gasteiger partial charge on any atom is 0.319 e. The topological polar surface area (TPSA) is 94.1 Å². The fourth-order valence-electron chi connectivity index (χ4n) is 4.71. The van der Waals surface area contributed by atoms with Crippen molar-refractivity contribution in [2.45, 2.75) is 26.2 Å². The first-order chi connectivity index (χ1) is 16.9. The van der Waals surface area contributed by atoms with E-state index in [1.165, 1.54) is 20.3 Å². The van der Waals surface area contributed by atoms with Crippen LogP contribution in [0, 0.1) is 12.3 Å². The lowest BCUT2D eigenvalue weighted by Gasteiger charge is -2.39. The number of aryl methyl sites for hydroxylation is 1. The second kappa shape index (κ2) is 10.8. The second-order valence-corrected chi connectivity index (χ2v) is 9.10. The predicted molar refractivity (Wildman–Crippen MR) is 130 cm³/mol. The Morgan fingerprint density at radius 1 is 1.06 bits per heavy atom. The van der Waals surface area contributed by atoms with E-state index in [9.17, 15) is 9.59 Å². The molecule has 1 aromatic carbocycles. The summed E-state index contributed by atoms with van der Waals surface area (Å²) < 4.78 is 16.0. The molecule has 4 rings (SSSR count). The maximum absolute atomic E-state index is 12.8. The number of carbonyl (C=O) groups excluding carboxylic acids is 2. The molecule has 9 nitrogen and oxygen atoms in total. The van der Waals surface area contributed by atoms with Crippen LogP contribution >= 0.6 is 0 Å². The van der Waals surface area contributed by atoms with Crippen LogP contribution in [0.5, 0.6) is 17.6 Å². The molecule has 0 unspecified atom stereocenters. The fourth-order valence-corrected chi connectivity index (χ4v) is 4.71. The van der Waals surface area contributed by atoms with Crippen LogP contribution in [-0.4, -0.2) is 78.6 Å². The number of likely N-dealkylation sites (tertiary alicyclic amines) is 2. The van der Waals surface area contributed by atoms with E-state index in [4.69, 9.17) is 14.2 Å². The average molecular weight is 481 g/mol. The molecule has 1 aromatic heterocycles. The monoisotopic (exact) mass is 480 g/mol. The number of benzene rings is 1. The highest BCUT2D eigenvalue weighted by atomic mass is 16.5. The lowest BCUT2D eigenvalue weighted by atomic mass is 9.78. The molecule has 0 radical (unpaired) electrons. The number of hydrogen-bond acceptors (Lipinski definition) is 7. The first kappa shape index (κ1) is 24.5. The third kappa shape index (κ3) is 5.72. The van der Waals surface area contributed by atoms with E-state index in [0.717, 1.165) is 30.6 Å². The molecule has 2 aliphatic rings. The zero-order valence-electron chi connectivity index (χ0n) is 20.5. The minimum absolute atomic E-state index is 0.00706. The van der Waals surface area contributed by atoms with Gasteiger partial charge in [-0.2, -0.15) is 4.98 Å². The molecule has 35 heavy (non-hydrogen) atoms. The van der Waals surface area contributed by atoms with Crippen LogP contribution < -0.4 is 14.2 Å². The highest BCUT2D eigenvalue weighted by Crippen LogP contribution is 2.40. The molecule has 186 valence electrons. The summed E-state index contributed by atoms with van der Waals surface area (Å²) in [6, 6.07) is 7.90. The van der Waals surface area contributed by atoms with Gasteiger partial charge in [0.15, 0.2) is 6.61 Å². The predicted octanol–water partition coefficient (Wildman–Crippen LogP) is 2.74. The molecule has 0 atom stereocenters. The number of hydrogen-bond donors (Lipinski definition) is 0. The number of methoxy groups -OCH3 is 2. The van der Waals surface area contributed by atoms with Crippen LogP contribution in [-0.2, 0) is 9.59 Å². The molecule has 9 heteroatoms. The summed E-state index contributed by atoms with van der Waals surface area (Å²) in [5.74, 6) is 1.05. The number of carbonyl (C=O) groups is 2. The van der Waals surface area contributed by atoms with Crippen molar-refractivity contribution in [3.05, 3.63) is 47.7 Å². The zero-order chi connectivity index (χ0) is 24.8. The molecule has 0 N–H and O–H groups in total. The summed E-state index contributed by atoms with van der Waals surface area (Å²) >= 11 is 0. The van der Waals surface area contributed by atoms with Crippen molar-refractivity contribution in [2.24, 2.45) is 5.41 Å². The molecule has 2 amide bonds. The van der Waals surface area contributed by atoms with Gasteiger partial charge in [-0.3, -0.25) is 9.59 Å². The van der Waals surface area contributed by atoms with Gasteiger partial charge in [-0.05, 0) is 49.3 Å². The number of rotatable bonds is 7. The summed E-state index contributed by atoms with van der Waals surface area (Å²) in [6.07, 6.45) is 7.49. The minimum Gasteiger partial charge on any atom is -0.484 e. The van der Waals surface area contributed by atoms with Gasteiger partial charge in [0.2, 0.25) is 11.8 Å². The highest BCUT2D eigenvalue weighted by Gasteiger charge is 2.42. The molecule has 1 spiro atoms. The summed E-state index contributed by atoms with van der Waals surface area (Å²) in [5, 5.41) is 0. The second-order valence-electron chi connectivity index (χ2n) is 9.10. The van der Waals surface area contributed by atoms with E-state index < -0.39 is 0 Å². The number of amides is 2. The summed E-state index contributed by atoms with van der Waals surface area (Å²) in [5.41, 5.74) is 1.69. The maximum atomic E-state index is 12.8. The van der Waals surface area contributed by atoms with E-state index in [-0.39, 0.29) is 29.8 Å². The molecular formula is C26H32N4O5. The Morgan fingerprint density at radius 3 is 2.46 bits per heavy atom. The van der Waals surface area contributed by atoms with Crippen LogP contribution in [0.1, 0.15) is 30.4 Å². The lowest BCUT2D eigenvalue weighted by Crippen LogP contribution is -2.46. The highest BCUT2D eigenvalue weighted by molar-refractivity contribution is 5.92. The Labute approximate surface area is 205 Å². The van der Waals surface area contributed by atoms with Gasteiger partial charge in [0.25, 0.3) is 5.91 Å². The van der Waals surface area contributed by atoms with Gasteiger partial charge in [0, 0.05) is 38.5 Å². The van der Waals surface area contributed by atoms with E-state index in [1.807, 2.05) is 41.0 Å². The number of piperidine rings is 1. The van der Waals surface area contributed by atoms with Gasteiger partial charge in [0.05, 0.1) is 19.8 Å². The van der Waals surface area contributed by atoms with Crippen molar-refractivity contribution in [1.82, 2.24) is 19.8 Å². The van der Waals surface area contributed by atoms with Crippen molar-refractivity contribution in [3.63, 3.8) is 0 Å². The molecule has 3 heterocycles.